The third-order valence-electron chi connectivity index (χ3n) is 4.60. The van der Waals surface area contributed by atoms with Gasteiger partial charge in [-0.2, -0.15) is 0 Å². The van der Waals surface area contributed by atoms with Crippen molar-refractivity contribution in [1.29, 1.82) is 0 Å². The average Bonchev–Trinajstić information content (AvgIpc) is 2.66. The number of hydrogen-bond donors (Lipinski definition) is 1. The first-order valence-electron chi connectivity index (χ1n) is 9.20. The van der Waals surface area contributed by atoms with Crippen molar-refractivity contribution in [3.05, 3.63) is 59.4 Å². The lowest BCUT2D eigenvalue weighted by Gasteiger charge is -2.29. The zero-order valence-electron chi connectivity index (χ0n) is 15.4. The number of amides is 2. The largest absolute Gasteiger partial charge is 0.352 e. The summed E-state index contributed by atoms with van der Waals surface area (Å²) < 4.78 is 0. The van der Waals surface area contributed by atoms with Crippen molar-refractivity contribution in [1.82, 2.24) is 10.3 Å². The Morgan fingerprint density at radius 3 is 2.85 bits per heavy atom. The van der Waals surface area contributed by atoms with Gasteiger partial charge in [0.1, 0.15) is 5.69 Å². The summed E-state index contributed by atoms with van der Waals surface area (Å²) in [6.07, 6.45) is 4.36. The molecule has 0 unspecified atom stereocenters. The van der Waals surface area contributed by atoms with Gasteiger partial charge in [0, 0.05) is 30.5 Å². The van der Waals surface area contributed by atoms with Crippen LogP contribution in [0.25, 0.3) is 0 Å². The van der Waals surface area contributed by atoms with Crippen LogP contribution in [0.4, 0.5) is 5.69 Å². The molecule has 1 aliphatic heterocycles. The van der Waals surface area contributed by atoms with Crippen molar-refractivity contribution >= 4 is 17.5 Å². The van der Waals surface area contributed by atoms with Crippen molar-refractivity contribution in [3.63, 3.8) is 0 Å². The van der Waals surface area contributed by atoms with Crippen molar-refractivity contribution in [3.8, 4) is 0 Å². The second kappa shape index (κ2) is 8.13. The fourth-order valence-electron chi connectivity index (χ4n) is 3.15. The zero-order valence-corrected chi connectivity index (χ0v) is 15.4. The Morgan fingerprint density at radius 1 is 1.23 bits per heavy atom. The molecule has 0 saturated carbocycles. The summed E-state index contributed by atoms with van der Waals surface area (Å²) in [7, 11) is 0. The monoisotopic (exact) mass is 351 g/mol. The van der Waals surface area contributed by atoms with Gasteiger partial charge >= 0.3 is 0 Å². The highest BCUT2D eigenvalue weighted by Gasteiger charge is 2.24. The first-order valence-corrected chi connectivity index (χ1v) is 9.20. The number of anilines is 1. The molecule has 26 heavy (non-hydrogen) atoms. The standard InChI is InChI=1S/C21H25N3O2/c1-15(2)9-11-23-20(25)17-10-12-22-18(14-17)21(26)24-13-5-7-16-6-3-4-8-19(16)24/h3-4,6,8,10,12,14-15H,5,7,9,11,13H2,1-2H3,(H,23,25). The molecule has 3 rings (SSSR count). The lowest BCUT2D eigenvalue weighted by molar-refractivity contribution is 0.0952. The van der Waals surface area contributed by atoms with E-state index < -0.39 is 0 Å². The molecular weight excluding hydrogens is 326 g/mol. The minimum Gasteiger partial charge on any atom is -0.352 e. The number of pyridine rings is 1. The van der Waals surface area contributed by atoms with Crippen LogP contribution in [-0.4, -0.2) is 29.9 Å². The Morgan fingerprint density at radius 2 is 2.04 bits per heavy atom. The van der Waals surface area contributed by atoms with Crippen molar-refractivity contribution in [2.45, 2.75) is 33.1 Å². The molecule has 1 aromatic heterocycles. The highest BCUT2D eigenvalue weighted by molar-refractivity contribution is 6.06. The number of carbonyl (C=O) groups excluding carboxylic acids is 2. The maximum absolute atomic E-state index is 13.0. The van der Waals surface area contributed by atoms with Crippen LogP contribution in [-0.2, 0) is 6.42 Å². The predicted octanol–water partition coefficient (Wildman–Crippen LogP) is 3.45. The minimum atomic E-state index is -0.166. The number of nitrogens with zero attached hydrogens (tertiary/aromatic N) is 2. The molecule has 0 fully saturated rings. The third kappa shape index (κ3) is 4.10. The number of rotatable bonds is 5. The van der Waals surface area contributed by atoms with Gasteiger partial charge in [0.2, 0.25) is 0 Å². The molecular formula is C21H25N3O2. The van der Waals surface area contributed by atoms with Gasteiger partial charge in [0.15, 0.2) is 0 Å². The molecule has 1 N–H and O–H groups in total. The second-order valence-corrected chi connectivity index (χ2v) is 7.06. The van der Waals surface area contributed by atoms with Crippen LogP contribution in [0.3, 0.4) is 0 Å². The van der Waals surface area contributed by atoms with Crippen LogP contribution in [0.15, 0.2) is 42.6 Å². The topological polar surface area (TPSA) is 62.3 Å². The number of hydrogen-bond acceptors (Lipinski definition) is 3. The minimum absolute atomic E-state index is 0.158. The van der Waals surface area contributed by atoms with E-state index in [0.717, 1.165) is 24.9 Å². The summed E-state index contributed by atoms with van der Waals surface area (Å²) in [6, 6.07) is 11.2. The van der Waals surface area contributed by atoms with Crippen LogP contribution >= 0.6 is 0 Å². The number of para-hydroxylation sites is 1. The van der Waals surface area contributed by atoms with Gasteiger partial charge in [0.05, 0.1) is 0 Å². The van der Waals surface area contributed by atoms with Gasteiger partial charge in [-0.1, -0.05) is 32.0 Å². The SMILES string of the molecule is CC(C)CCNC(=O)c1ccnc(C(=O)N2CCCc3ccccc32)c1. The van der Waals surface area contributed by atoms with Gasteiger partial charge in [0.25, 0.3) is 11.8 Å². The molecule has 5 nitrogen and oxygen atoms in total. The summed E-state index contributed by atoms with van der Waals surface area (Å²) in [5, 5.41) is 2.90. The molecule has 5 heteroatoms. The van der Waals surface area contributed by atoms with E-state index in [1.54, 1.807) is 17.0 Å². The van der Waals surface area contributed by atoms with E-state index in [0.29, 0.717) is 30.3 Å². The Hall–Kier alpha value is -2.69. The first kappa shape index (κ1) is 18.1. The molecule has 0 atom stereocenters. The zero-order chi connectivity index (χ0) is 18.5. The number of aromatic nitrogens is 1. The Balaban J connectivity index is 1.76. The van der Waals surface area contributed by atoms with E-state index in [4.69, 9.17) is 0 Å². The smallest absolute Gasteiger partial charge is 0.276 e. The van der Waals surface area contributed by atoms with E-state index in [-0.39, 0.29) is 11.8 Å². The van der Waals surface area contributed by atoms with E-state index in [1.165, 1.54) is 11.8 Å². The molecule has 2 aromatic rings. The van der Waals surface area contributed by atoms with Crippen molar-refractivity contribution < 1.29 is 9.59 Å². The summed E-state index contributed by atoms with van der Waals surface area (Å²) >= 11 is 0. The quantitative estimate of drug-likeness (QED) is 0.897. The summed E-state index contributed by atoms with van der Waals surface area (Å²) in [4.78, 5) is 31.3. The summed E-state index contributed by atoms with van der Waals surface area (Å²) in [5.41, 5.74) is 2.89. The molecule has 1 aliphatic rings. The number of nitrogens with one attached hydrogen (secondary N) is 1. The number of fused-ring (bicyclic) bond motifs is 1. The molecule has 0 saturated heterocycles. The van der Waals surface area contributed by atoms with E-state index in [2.05, 4.69) is 30.2 Å². The van der Waals surface area contributed by atoms with Gasteiger partial charge in [-0.25, -0.2) is 0 Å². The van der Waals surface area contributed by atoms with Crippen LogP contribution in [0.2, 0.25) is 0 Å². The highest BCUT2D eigenvalue weighted by atomic mass is 16.2. The van der Waals surface area contributed by atoms with Crippen LogP contribution in [0.1, 0.15) is 53.1 Å². The molecule has 1 aromatic carbocycles. The molecule has 2 amide bonds. The maximum Gasteiger partial charge on any atom is 0.276 e. The molecule has 0 bridgehead atoms. The fourth-order valence-corrected chi connectivity index (χ4v) is 3.15. The number of carbonyl (C=O) groups is 2. The number of benzene rings is 1. The fraction of sp³-hybridized carbons (Fsp3) is 0.381. The summed E-state index contributed by atoms with van der Waals surface area (Å²) in [5.74, 6) is 0.208. The number of aryl methyl sites for hydroxylation is 1. The molecule has 0 radical (unpaired) electrons. The van der Waals surface area contributed by atoms with Crippen LogP contribution in [0.5, 0.6) is 0 Å². The maximum atomic E-state index is 13.0. The molecule has 0 aliphatic carbocycles. The van der Waals surface area contributed by atoms with Gasteiger partial charge in [-0.05, 0) is 48.9 Å². The van der Waals surface area contributed by atoms with Crippen LogP contribution < -0.4 is 10.2 Å². The lowest BCUT2D eigenvalue weighted by Crippen LogP contribution is -2.36. The van der Waals surface area contributed by atoms with E-state index >= 15 is 0 Å². The normalized spacial score (nSPS) is 13.4. The van der Waals surface area contributed by atoms with Gasteiger partial charge < -0.3 is 10.2 Å². The Bertz CT molecular complexity index is 801. The highest BCUT2D eigenvalue weighted by Crippen LogP contribution is 2.27. The lowest BCUT2D eigenvalue weighted by atomic mass is 10.0. The van der Waals surface area contributed by atoms with Gasteiger partial charge in [-0.3, -0.25) is 14.6 Å². The van der Waals surface area contributed by atoms with Crippen LogP contribution in [0, 0.1) is 5.92 Å². The van der Waals surface area contributed by atoms with Crippen molar-refractivity contribution in [2.24, 2.45) is 5.92 Å². The van der Waals surface area contributed by atoms with E-state index in [1.807, 2.05) is 18.2 Å². The van der Waals surface area contributed by atoms with E-state index in [9.17, 15) is 9.59 Å². The first-order chi connectivity index (χ1) is 12.6. The predicted molar refractivity (Wildman–Crippen MR) is 102 cm³/mol. The second-order valence-electron chi connectivity index (χ2n) is 7.06. The third-order valence-corrected chi connectivity index (χ3v) is 4.60. The molecule has 136 valence electrons. The molecule has 2 heterocycles. The Kier molecular flexibility index (Phi) is 5.66. The van der Waals surface area contributed by atoms with Gasteiger partial charge in [-0.15, -0.1) is 0 Å². The average molecular weight is 351 g/mol. The Labute approximate surface area is 154 Å². The van der Waals surface area contributed by atoms with Crippen molar-refractivity contribution in [2.75, 3.05) is 18.0 Å². The summed E-state index contributed by atoms with van der Waals surface area (Å²) in [6.45, 7) is 5.53. The molecule has 0 spiro atoms.